The molecular weight excluding hydrogens is 404 g/mol. The van der Waals surface area contributed by atoms with Crippen LogP contribution >= 0.6 is 0 Å². The van der Waals surface area contributed by atoms with Crippen molar-refractivity contribution >= 4 is 11.9 Å². The van der Waals surface area contributed by atoms with Crippen LogP contribution in [0.3, 0.4) is 0 Å². The number of carbonyl (C=O) groups is 2. The Kier molecular flexibility index (Phi) is 8.34. The van der Waals surface area contributed by atoms with Crippen LogP contribution in [0.1, 0.15) is 58.9 Å². The SMILES string of the molecule is CCN(CC)CC(=O)OCC(C(=O)OC1CC2CCN(C1)C2(C)C(C)C)c1ccccc1. The third-order valence-electron chi connectivity index (χ3n) is 7.82. The van der Waals surface area contributed by atoms with E-state index in [1.165, 1.54) is 0 Å². The van der Waals surface area contributed by atoms with Gasteiger partial charge in [0.05, 0.1) is 6.54 Å². The first-order valence-corrected chi connectivity index (χ1v) is 12.2. The van der Waals surface area contributed by atoms with E-state index in [1.807, 2.05) is 49.1 Å². The number of likely N-dealkylation sites (N-methyl/N-ethyl adjacent to an activating group) is 1. The average molecular weight is 445 g/mol. The molecule has 1 aromatic rings. The molecule has 0 saturated carbocycles. The predicted molar refractivity (Wildman–Crippen MR) is 125 cm³/mol. The first kappa shape index (κ1) is 24.7. The second kappa shape index (κ2) is 10.8. The van der Waals surface area contributed by atoms with Crippen LogP contribution in [0.25, 0.3) is 0 Å². The molecule has 178 valence electrons. The molecule has 3 rings (SSSR count). The molecule has 6 heteroatoms. The lowest BCUT2D eigenvalue weighted by Crippen LogP contribution is -2.57. The molecule has 0 spiro atoms. The van der Waals surface area contributed by atoms with E-state index in [2.05, 4.69) is 25.7 Å². The summed E-state index contributed by atoms with van der Waals surface area (Å²) < 4.78 is 11.6. The third kappa shape index (κ3) is 5.34. The fourth-order valence-electron chi connectivity index (χ4n) is 5.39. The summed E-state index contributed by atoms with van der Waals surface area (Å²) in [5.41, 5.74) is 1.00. The van der Waals surface area contributed by atoms with Gasteiger partial charge in [-0.3, -0.25) is 19.4 Å². The number of hydrogen-bond donors (Lipinski definition) is 0. The molecule has 1 aromatic carbocycles. The van der Waals surface area contributed by atoms with Crippen LogP contribution in [0.5, 0.6) is 0 Å². The zero-order valence-electron chi connectivity index (χ0n) is 20.4. The summed E-state index contributed by atoms with van der Waals surface area (Å²) in [6, 6.07) is 9.50. The number of piperidine rings is 1. The lowest BCUT2D eigenvalue weighted by Gasteiger charge is -2.48. The Morgan fingerprint density at radius 1 is 1.19 bits per heavy atom. The zero-order chi connectivity index (χ0) is 23.3. The Labute approximate surface area is 193 Å². The fourth-order valence-corrected chi connectivity index (χ4v) is 5.39. The summed E-state index contributed by atoms with van der Waals surface area (Å²) in [7, 11) is 0. The quantitative estimate of drug-likeness (QED) is 0.513. The number of benzene rings is 1. The Morgan fingerprint density at radius 3 is 2.47 bits per heavy atom. The summed E-state index contributed by atoms with van der Waals surface area (Å²) in [6.45, 7) is 14.6. The van der Waals surface area contributed by atoms with Crippen molar-refractivity contribution in [2.75, 3.05) is 39.3 Å². The highest BCUT2D eigenvalue weighted by Gasteiger charge is 2.52. The normalized spacial score (nSPS) is 28.0. The molecule has 0 aromatic heterocycles. The van der Waals surface area contributed by atoms with Crippen molar-refractivity contribution in [2.45, 2.75) is 65.0 Å². The van der Waals surface area contributed by atoms with Crippen LogP contribution in [0.4, 0.5) is 0 Å². The summed E-state index contributed by atoms with van der Waals surface area (Å²) >= 11 is 0. The topological polar surface area (TPSA) is 59.1 Å². The van der Waals surface area contributed by atoms with Crippen LogP contribution < -0.4 is 0 Å². The number of hydrogen-bond acceptors (Lipinski definition) is 6. The molecule has 0 amide bonds. The van der Waals surface area contributed by atoms with Crippen molar-refractivity contribution < 1.29 is 19.1 Å². The molecule has 0 N–H and O–H groups in total. The molecule has 2 aliphatic rings. The van der Waals surface area contributed by atoms with Crippen molar-refractivity contribution in [1.82, 2.24) is 9.80 Å². The van der Waals surface area contributed by atoms with Gasteiger partial charge < -0.3 is 9.47 Å². The average Bonchev–Trinajstić information content (AvgIpc) is 2.95. The molecule has 0 aliphatic carbocycles. The van der Waals surface area contributed by atoms with E-state index in [9.17, 15) is 9.59 Å². The maximum absolute atomic E-state index is 13.2. The van der Waals surface area contributed by atoms with Crippen molar-refractivity contribution in [1.29, 1.82) is 0 Å². The Bertz CT molecular complexity index is 748. The molecule has 2 bridgehead atoms. The first-order valence-electron chi connectivity index (χ1n) is 12.2. The molecule has 32 heavy (non-hydrogen) atoms. The molecular formula is C26H40N2O4. The smallest absolute Gasteiger partial charge is 0.320 e. The maximum Gasteiger partial charge on any atom is 0.320 e. The van der Waals surface area contributed by atoms with Crippen molar-refractivity contribution in [3.63, 3.8) is 0 Å². The van der Waals surface area contributed by atoms with Crippen LogP contribution in [-0.4, -0.2) is 72.7 Å². The van der Waals surface area contributed by atoms with Gasteiger partial charge in [0.15, 0.2) is 0 Å². The highest BCUT2D eigenvalue weighted by atomic mass is 16.6. The van der Waals surface area contributed by atoms with Gasteiger partial charge in [-0.25, -0.2) is 0 Å². The number of esters is 2. The molecule has 2 saturated heterocycles. The van der Waals surface area contributed by atoms with Gasteiger partial charge in [0.25, 0.3) is 0 Å². The minimum Gasteiger partial charge on any atom is -0.463 e. The van der Waals surface area contributed by atoms with Crippen LogP contribution in [0.2, 0.25) is 0 Å². The van der Waals surface area contributed by atoms with E-state index in [1.54, 1.807) is 0 Å². The minimum atomic E-state index is -0.608. The van der Waals surface area contributed by atoms with Gasteiger partial charge >= 0.3 is 11.9 Å². The zero-order valence-corrected chi connectivity index (χ0v) is 20.4. The lowest BCUT2D eigenvalue weighted by molar-refractivity contribution is -0.160. The molecule has 0 radical (unpaired) electrons. The third-order valence-corrected chi connectivity index (χ3v) is 7.82. The standard InChI is InChI=1S/C26H40N2O4/c1-6-27(7-2)17-24(29)31-18-23(20-11-9-8-10-12-20)25(30)32-22-15-21-13-14-28(16-22)26(21,5)19(3)4/h8-12,19,21-23H,6-7,13-18H2,1-5H3. The van der Waals surface area contributed by atoms with Crippen LogP contribution in [-0.2, 0) is 19.1 Å². The minimum absolute atomic E-state index is 0.00647. The second-order valence-electron chi connectivity index (χ2n) is 9.71. The van der Waals surface area contributed by atoms with Crippen molar-refractivity contribution in [3.05, 3.63) is 35.9 Å². The van der Waals surface area contributed by atoms with E-state index in [4.69, 9.17) is 9.47 Å². The summed E-state index contributed by atoms with van der Waals surface area (Å²) in [4.78, 5) is 30.1. The van der Waals surface area contributed by atoms with Gasteiger partial charge in [0, 0.05) is 12.1 Å². The summed E-state index contributed by atoms with van der Waals surface area (Å²) in [6.07, 6.45) is 1.95. The molecule has 2 aliphatic heterocycles. The molecule has 5 atom stereocenters. The Balaban J connectivity index is 1.64. The highest BCUT2D eigenvalue weighted by Crippen LogP contribution is 2.46. The number of carbonyl (C=O) groups excluding carboxylic acids is 2. The first-order chi connectivity index (χ1) is 15.3. The lowest BCUT2D eigenvalue weighted by atomic mass is 9.73. The van der Waals surface area contributed by atoms with Gasteiger partial charge in [0.2, 0.25) is 0 Å². The number of ether oxygens (including phenoxy) is 2. The van der Waals surface area contributed by atoms with E-state index in [0.29, 0.717) is 11.8 Å². The maximum atomic E-state index is 13.2. The van der Waals surface area contributed by atoms with Crippen LogP contribution in [0, 0.1) is 11.8 Å². The number of rotatable bonds is 10. The van der Waals surface area contributed by atoms with E-state index in [0.717, 1.165) is 44.6 Å². The molecule has 2 heterocycles. The molecule has 5 unspecified atom stereocenters. The monoisotopic (exact) mass is 444 g/mol. The van der Waals surface area contributed by atoms with Gasteiger partial charge in [-0.1, -0.05) is 58.0 Å². The predicted octanol–water partition coefficient (Wildman–Crippen LogP) is 3.71. The molecule has 2 fully saturated rings. The van der Waals surface area contributed by atoms with E-state index in [-0.39, 0.29) is 36.7 Å². The van der Waals surface area contributed by atoms with Crippen LogP contribution in [0.15, 0.2) is 30.3 Å². The van der Waals surface area contributed by atoms with Gasteiger partial charge in [-0.05, 0) is 56.8 Å². The highest BCUT2D eigenvalue weighted by molar-refractivity contribution is 5.79. The number of fused-ring (bicyclic) bond motifs is 2. The van der Waals surface area contributed by atoms with Crippen molar-refractivity contribution in [2.24, 2.45) is 11.8 Å². The Morgan fingerprint density at radius 2 is 1.88 bits per heavy atom. The second-order valence-corrected chi connectivity index (χ2v) is 9.71. The van der Waals surface area contributed by atoms with Gasteiger partial charge in [-0.2, -0.15) is 0 Å². The van der Waals surface area contributed by atoms with Gasteiger partial charge in [0.1, 0.15) is 18.6 Å². The fraction of sp³-hybridized carbons (Fsp3) is 0.692. The largest absolute Gasteiger partial charge is 0.463 e. The van der Waals surface area contributed by atoms with E-state index < -0.39 is 5.92 Å². The van der Waals surface area contributed by atoms with Crippen molar-refractivity contribution in [3.8, 4) is 0 Å². The van der Waals surface area contributed by atoms with E-state index >= 15 is 0 Å². The molecule has 6 nitrogen and oxygen atoms in total. The summed E-state index contributed by atoms with van der Waals surface area (Å²) in [5, 5.41) is 0. The van der Waals surface area contributed by atoms with Gasteiger partial charge in [-0.15, -0.1) is 0 Å². The Hall–Kier alpha value is -1.92. The number of nitrogens with zero attached hydrogens (tertiary/aromatic N) is 2. The summed E-state index contributed by atoms with van der Waals surface area (Å²) in [5.74, 6) is -0.115.